The molecular formula is C17H24ClNO2. The zero-order valence-electron chi connectivity index (χ0n) is 12.9. The molecule has 1 fully saturated rings. The number of nitrogens with two attached hydrogens (primary N) is 1. The molecule has 3 rings (SSSR count). The maximum absolute atomic E-state index is 6.77. The van der Waals surface area contributed by atoms with E-state index in [-0.39, 0.29) is 5.54 Å². The van der Waals surface area contributed by atoms with Gasteiger partial charge in [0.15, 0.2) is 11.5 Å². The van der Waals surface area contributed by atoms with Crippen LogP contribution in [0.3, 0.4) is 0 Å². The molecule has 0 unspecified atom stereocenters. The summed E-state index contributed by atoms with van der Waals surface area (Å²) in [7, 11) is 0. The van der Waals surface area contributed by atoms with Crippen LogP contribution in [0.25, 0.3) is 0 Å². The smallest absolute Gasteiger partial charge is 0.165 e. The first-order valence-corrected chi connectivity index (χ1v) is 8.32. The molecule has 1 aromatic carbocycles. The van der Waals surface area contributed by atoms with Gasteiger partial charge in [-0.15, -0.1) is 0 Å². The fourth-order valence-corrected chi connectivity index (χ4v) is 4.06. The Morgan fingerprint density at radius 2 is 1.81 bits per heavy atom. The van der Waals surface area contributed by atoms with Gasteiger partial charge in [-0.25, -0.2) is 0 Å². The van der Waals surface area contributed by atoms with Gasteiger partial charge in [-0.3, -0.25) is 0 Å². The molecule has 2 aliphatic rings. The summed E-state index contributed by atoms with van der Waals surface area (Å²) >= 11 is 6.62. The van der Waals surface area contributed by atoms with Crippen molar-refractivity contribution >= 4 is 11.6 Å². The molecule has 1 aliphatic heterocycles. The molecular weight excluding hydrogens is 286 g/mol. The Labute approximate surface area is 131 Å². The normalized spacial score (nSPS) is 20.6. The van der Waals surface area contributed by atoms with Crippen LogP contribution in [0, 0.1) is 0 Å². The van der Waals surface area contributed by atoms with Gasteiger partial charge in [0, 0.05) is 22.2 Å². The second-order valence-electron chi connectivity index (χ2n) is 6.54. The molecule has 1 heterocycles. The van der Waals surface area contributed by atoms with Gasteiger partial charge in [0.1, 0.15) is 13.2 Å². The van der Waals surface area contributed by atoms with Crippen LogP contribution in [0.15, 0.2) is 6.07 Å². The Morgan fingerprint density at radius 1 is 1.14 bits per heavy atom. The fourth-order valence-electron chi connectivity index (χ4n) is 3.67. The van der Waals surface area contributed by atoms with E-state index in [1.54, 1.807) is 0 Å². The lowest BCUT2D eigenvalue weighted by atomic mass is 9.74. The van der Waals surface area contributed by atoms with E-state index >= 15 is 0 Å². The average molecular weight is 310 g/mol. The summed E-state index contributed by atoms with van der Waals surface area (Å²) < 4.78 is 11.6. The largest absolute Gasteiger partial charge is 0.486 e. The monoisotopic (exact) mass is 309 g/mol. The van der Waals surface area contributed by atoms with E-state index in [4.69, 9.17) is 26.8 Å². The van der Waals surface area contributed by atoms with Gasteiger partial charge in [-0.1, -0.05) is 44.7 Å². The van der Waals surface area contributed by atoms with E-state index in [0.717, 1.165) is 40.5 Å². The first-order chi connectivity index (χ1) is 10.0. The lowest BCUT2D eigenvalue weighted by molar-refractivity contribution is 0.168. The highest BCUT2D eigenvalue weighted by Gasteiger charge is 2.37. The third kappa shape index (κ3) is 2.62. The highest BCUT2D eigenvalue weighted by molar-refractivity contribution is 6.31. The summed E-state index contributed by atoms with van der Waals surface area (Å²) in [6.07, 6.45) is 5.58. The molecule has 1 aliphatic carbocycles. The van der Waals surface area contributed by atoms with Crippen molar-refractivity contribution in [2.45, 2.75) is 57.4 Å². The van der Waals surface area contributed by atoms with Crippen LogP contribution in [-0.2, 0) is 5.54 Å². The van der Waals surface area contributed by atoms with Gasteiger partial charge in [0.05, 0.1) is 0 Å². The molecule has 0 atom stereocenters. The predicted molar refractivity (Wildman–Crippen MR) is 85.5 cm³/mol. The number of fused-ring (bicyclic) bond motifs is 1. The van der Waals surface area contributed by atoms with E-state index in [0.29, 0.717) is 19.1 Å². The molecule has 4 heteroatoms. The molecule has 116 valence electrons. The van der Waals surface area contributed by atoms with Gasteiger partial charge in [-0.2, -0.15) is 0 Å². The van der Waals surface area contributed by atoms with Crippen molar-refractivity contribution in [1.82, 2.24) is 0 Å². The summed E-state index contributed by atoms with van der Waals surface area (Å²) in [6.45, 7) is 5.50. The van der Waals surface area contributed by atoms with Crippen molar-refractivity contribution < 1.29 is 9.47 Å². The van der Waals surface area contributed by atoms with Crippen molar-refractivity contribution in [3.63, 3.8) is 0 Å². The Bertz CT molecular complexity index is 536. The highest BCUT2D eigenvalue weighted by Crippen LogP contribution is 2.49. The number of benzene rings is 1. The van der Waals surface area contributed by atoms with Crippen molar-refractivity contribution in [2.75, 3.05) is 13.2 Å². The molecule has 2 N–H and O–H groups in total. The SMILES string of the molecule is CC(C)c1c2c(cc(Cl)c1C1(N)CCCCC1)OCCO2. The zero-order valence-corrected chi connectivity index (χ0v) is 13.6. The van der Waals surface area contributed by atoms with E-state index in [1.807, 2.05) is 6.07 Å². The minimum absolute atomic E-state index is 0.302. The predicted octanol–water partition coefficient (Wildman–Crippen LogP) is 4.35. The second-order valence-corrected chi connectivity index (χ2v) is 6.95. The van der Waals surface area contributed by atoms with E-state index in [2.05, 4.69) is 13.8 Å². The first kappa shape index (κ1) is 15.0. The minimum atomic E-state index is -0.329. The molecule has 0 radical (unpaired) electrons. The summed E-state index contributed by atoms with van der Waals surface area (Å²) in [5.74, 6) is 1.92. The minimum Gasteiger partial charge on any atom is -0.486 e. The molecule has 3 nitrogen and oxygen atoms in total. The highest BCUT2D eigenvalue weighted by atomic mass is 35.5. The summed E-state index contributed by atoms with van der Waals surface area (Å²) in [5.41, 5.74) is 8.67. The maximum Gasteiger partial charge on any atom is 0.165 e. The van der Waals surface area contributed by atoms with E-state index < -0.39 is 0 Å². The molecule has 0 bridgehead atoms. The lowest BCUT2D eigenvalue weighted by Gasteiger charge is -2.38. The maximum atomic E-state index is 6.77. The Hall–Kier alpha value is -0.930. The van der Waals surface area contributed by atoms with Crippen LogP contribution < -0.4 is 15.2 Å². The van der Waals surface area contributed by atoms with Gasteiger partial charge < -0.3 is 15.2 Å². The molecule has 0 spiro atoms. The van der Waals surface area contributed by atoms with Crippen molar-refractivity contribution in [2.24, 2.45) is 5.73 Å². The fraction of sp³-hybridized carbons (Fsp3) is 0.647. The zero-order chi connectivity index (χ0) is 15.0. The van der Waals surface area contributed by atoms with Gasteiger partial charge in [0.2, 0.25) is 0 Å². The third-order valence-electron chi connectivity index (χ3n) is 4.64. The van der Waals surface area contributed by atoms with Crippen LogP contribution in [-0.4, -0.2) is 13.2 Å². The third-order valence-corrected chi connectivity index (χ3v) is 4.94. The Balaban J connectivity index is 2.18. The van der Waals surface area contributed by atoms with Crippen LogP contribution in [0.5, 0.6) is 11.5 Å². The number of ether oxygens (including phenoxy) is 2. The summed E-state index contributed by atoms with van der Waals surface area (Å²) in [5, 5.41) is 0.729. The topological polar surface area (TPSA) is 44.5 Å². The molecule has 21 heavy (non-hydrogen) atoms. The molecule has 1 saturated carbocycles. The van der Waals surface area contributed by atoms with Gasteiger partial charge in [0.25, 0.3) is 0 Å². The van der Waals surface area contributed by atoms with Crippen molar-refractivity contribution in [3.05, 3.63) is 22.2 Å². The quantitative estimate of drug-likeness (QED) is 0.883. The Morgan fingerprint density at radius 3 is 2.48 bits per heavy atom. The molecule has 0 amide bonds. The van der Waals surface area contributed by atoms with E-state index in [1.165, 1.54) is 19.3 Å². The van der Waals surface area contributed by atoms with Crippen LogP contribution in [0.2, 0.25) is 5.02 Å². The van der Waals surface area contributed by atoms with Crippen LogP contribution in [0.1, 0.15) is 63.0 Å². The molecule has 0 saturated heterocycles. The van der Waals surface area contributed by atoms with Crippen LogP contribution >= 0.6 is 11.6 Å². The average Bonchev–Trinajstić information content (AvgIpc) is 2.46. The standard InChI is InChI=1S/C17H24ClNO2/c1-11(2)14-15(17(19)6-4-3-5-7-17)12(18)10-13-16(14)21-9-8-20-13/h10-11H,3-9,19H2,1-2H3. The summed E-state index contributed by atoms with van der Waals surface area (Å²) in [4.78, 5) is 0. The number of hydrogen-bond acceptors (Lipinski definition) is 3. The molecule has 1 aromatic rings. The summed E-state index contributed by atoms with van der Waals surface area (Å²) in [6, 6.07) is 1.89. The van der Waals surface area contributed by atoms with E-state index in [9.17, 15) is 0 Å². The molecule has 0 aromatic heterocycles. The number of hydrogen-bond donors (Lipinski definition) is 1. The number of halogens is 1. The van der Waals surface area contributed by atoms with Crippen molar-refractivity contribution in [1.29, 1.82) is 0 Å². The van der Waals surface area contributed by atoms with Gasteiger partial charge in [-0.05, 0) is 24.3 Å². The van der Waals surface area contributed by atoms with Crippen molar-refractivity contribution in [3.8, 4) is 11.5 Å². The number of rotatable bonds is 2. The van der Waals surface area contributed by atoms with Crippen LogP contribution in [0.4, 0.5) is 0 Å². The first-order valence-electron chi connectivity index (χ1n) is 7.94. The lowest BCUT2D eigenvalue weighted by Crippen LogP contribution is -2.40. The Kier molecular flexibility index (Phi) is 4.06. The van der Waals surface area contributed by atoms with Gasteiger partial charge >= 0.3 is 0 Å². The second kappa shape index (κ2) is 5.69.